The lowest BCUT2D eigenvalue weighted by molar-refractivity contribution is -0.159. The number of carboxylic acids is 2. The van der Waals surface area contributed by atoms with Gasteiger partial charge in [0.25, 0.3) is 0 Å². The van der Waals surface area contributed by atoms with Crippen LogP contribution in [0.25, 0.3) is 11.4 Å². The highest BCUT2D eigenvalue weighted by molar-refractivity contribution is 7.99. The van der Waals surface area contributed by atoms with Gasteiger partial charge in [-0.25, -0.2) is 14.4 Å². The molecule has 0 radical (unpaired) electrons. The molecular weight excluding hydrogens is 484 g/mol. The number of hydrogen-bond acceptors (Lipinski definition) is 8. The summed E-state index contributed by atoms with van der Waals surface area (Å²) in [5.41, 5.74) is 4.28. The predicted octanol–water partition coefficient (Wildman–Crippen LogP) is 2.96. The smallest absolute Gasteiger partial charge is 0.414 e. The van der Waals surface area contributed by atoms with Crippen molar-refractivity contribution < 1.29 is 29.3 Å². The Balaban J connectivity index is 0.000000538. The summed E-state index contributed by atoms with van der Waals surface area (Å²) >= 11 is 1.75. The number of nitrogens with zero attached hydrogens (tertiary/aromatic N) is 4. The molecule has 1 aliphatic heterocycles. The first-order valence-electron chi connectivity index (χ1n) is 11.3. The first-order chi connectivity index (χ1) is 17.3. The maximum absolute atomic E-state index is 11.8. The Morgan fingerprint density at radius 1 is 1.03 bits per heavy atom. The summed E-state index contributed by atoms with van der Waals surface area (Å²) in [6, 6.07) is 16.0. The van der Waals surface area contributed by atoms with Gasteiger partial charge in [-0.3, -0.25) is 4.90 Å². The van der Waals surface area contributed by atoms with Crippen LogP contribution in [0.4, 0.5) is 0 Å². The van der Waals surface area contributed by atoms with Crippen LogP contribution < -0.4 is 0 Å². The van der Waals surface area contributed by atoms with Crippen LogP contribution in [0.1, 0.15) is 27.9 Å². The van der Waals surface area contributed by atoms with Crippen LogP contribution in [0.3, 0.4) is 0 Å². The quantitative estimate of drug-likeness (QED) is 0.210. The first-order valence-corrected chi connectivity index (χ1v) is 12.2. The van der Waals surface area contributed by atoms with Gasteiger partial charge in [0.2, 0.25) is 0 Å². The van der Waals surface area contributed by atoms with Crippen molar-refractivity contribution in [1.82, 2.24) is 19.7 Å². The van der Waals surface area contributed by atoms with Crippen LogP contribution in [0.5, 0.6) is 0 Å². The number of methoxy groups -OCH3 is 1. The minimum Gasteiger partial charge on any atom is -0.473 e. The standard InChI is InChI=1S/C23H26N4O2S.C2H2O4/c1-26-21(18-7-4-3-5-8-18)24-25-23(26)30-14-6-12-27-13-11-17-9-10-19(22(28)29-2)15-20(17)16-27;3-1(4)2(5)6/h3-5,7-10,15H,6,11-14,16H2,1-2H3;(H,3,4)(H,5,6). The predicted molar refractivity (Wildman–Crippen MR) is 134 cm³/mol. The highest BCUT2D eigenvalue weighted by atomic mass is 32.2. The fourth-order valence-electron chi connectivity index (χ4n) is 3.78. The third kappa shape index (κ3) is 7.15. The normalized spacial score (nSPS) is 12.7. The van der Waals surface area contributed by atoms with Gasteiger partial charge >= 0.3 is 17.9 Å². The largest absolute Gasteiger partial charge is 0.473 e. The maximum Gasteiger partial charge on any atom is 0.414 e. The zero-order chi connectivity index (χ0) is 26.1. The first kappa shape index (κ1) is 26.9. The molecular formula is C25H28N4O6S. The van der Waals surface area contributed by atoms with Gasteiger partial charge in [-0.15, -0.1) is 10.2 Å². The molecule has 0 spiro atoms. The number of carbonyl (C=O) groups excluding carboxylic acids is 1. The molecule has 1 aromatic heterocycles. The maximum atomic E-state index is 11.8. The molecule has 10 nitrogen and oxygen atoms in total. The van der Waals surface area contributed by atoms with Crippen molar-refractivity contribution in [3.63, 3.8) is 0 Å². The van der Waals surface area contributed by atoms with Crippen LogP contribution in [0.15, 0.2) is 53.7 Å². The van der Waals surface area contributed by atoms with E-state index >= 15 is 0 Å². The second-order valence-electron chi connectivity index (χ2n) is 8.04. The number of aliphatic carboxylic acids is 2. The third-order valence-corrected chi connectivity index (χ3v) is 6.72. The van der Waals surface area contributed by atoms with Crippen molar-refractivity contribution in [2.45, 2.75) is 24.5 Å². The molecule has 0 aliphatic carbocycles. The van der Waals surface area contributed by atoms with Crippen molar-refractivity contribution in [3.8, 4) is 11.4 Å². The van der Waals surface area contributed by atoms with Gasteiger partial charge in [0.1, 0.15) is 0 Å². The molecule has 0 saturated heterocycles. The fraction of sp³-hybridized carbons (Fsp3) is 0.320. The monoisotopic (exact) mass is 512 g/mol. The van der Waals surface area contributed by atoms with E-state index in [1.165, 1.54) is 18.2 Å². The van der Waals surface area contributed by atoms with E-state index in [2.05, 4.69) is 37.9 Å². The molecule has 0 unspecified atom stereocenters. The number of rotatable bonds is 7. The van der Waals surface area contributed by atoms with E-state index < -0.39 is 11.9 Å². The van der Waals surface area contributed by atoms with Crippen LogP contribution in [0.2, 0.25) is 0 Å². The Hall–Kier alpha value is -3.70. The lowest BCUT2D eigenvalue weighted by atomic mass is 9.97. The number of thioether (sulfide) groups is 1. The Bertz CT molecular complexity index is 1200. The molecule has 1 aliphatic rings. The lowest BCUT2D eigenvalue weighted by Gasteiger charge is -2.29. The summed E-state index contributed by atoms with van der Waals surface area (Å²) in [5.74, 6) is -2.03. The molecule has 2 aromatic carbocycles. The van der Waals surface area contributed by atoms with E-state index in [4.69, 9.17) is 24.5 Å². The van der Waals surface area contributed by atoms with Crippen LogP contribution in [0, 0.1) is 0 Å². The molecule has 2 N–H and O–H groups in total. The summed E-state index contributed by atoms with van der Waals surface area (Å²) in [6.07, 6.45) is 2.10. The summed E-state index contributed by atoms with van der Waals surface area (Å²) in [7, 11) is 3.44. The second-order valence-corrected chi connectivity index (χ2v) is 9.11. The summed E-state index contributed by atoms with van der Waals surface area (Å²) in [5, 5.41) is 24.4. The number of carbonyl (C=O) groups is 3. The molecule has 4 rings (SSSR count). The minimum absolute atomic E-state index is 0.273. The molecule has 11 heteroatoms. The van der Waals surface area contributed by atoms with E-state index in [-0.39, 0.29) is 5.97 Å². The molecule has 36 heavy (non-hydrogen) atoms. The van der Waals surface area contributed by atoms with Crippen molar-refractivity contribution in [2.24, 2.45) is 7.05 Å². The van der Waals surface area contributed by atoms with E-state index in [9.17, 15) is 4.79 Å². The van der Waals surface area contributed by atoms with Gasteiger partial charge in [-0.1, -0.05) is 48.2 Å². The van der Waals surface area contributed by atoms with Gasteiger partial charge in [0.05, 0.1) is 12.7 Å². The zero-order valence-corrected chi connectivity index (χ0v) is 20.9. The number of benzene rings is 2. The van der Waals surface area contributed by atoms with Crippen molar-refractivity contribution in [2.75, 3.05) is 26.0 Å². The summed E-state index contributed by atoms with van der Waals surface area (Å²) < 4.78 is 6.91. The van der Waals surface area contributed by atoms with Crippen LogP contribution in [-0.4, -0.2) is 73.7 Å². The Morgan fingerprint density at radius 2 is 1.75 bits per heavy atom. The summed E-state index contributed by atoms with van der Waals surface area (Å²) in [4.78, 5) is 32.4. The molecule has 0 amide bonds. The van der Waals surface area contributed by atoms with Crippen LogP contribution in [-0.2, 0) is 34.3 Å². The van der Waals surface area contributed by atoms with E-state index in [1.807, 2.05) is 37.4 Å². The van der Waals surface area contributed by atoms with E-state index in [0.29, 0.717) is 5.56 Å². The summed E-state index contributed by atoms with van der Waals surface area (Å²) in [6.45, 7) is 2.96. The van der Waals surface area contributed by atoms with Gasteiger partial charge in [0.15, 0.2) is 11.0 Å². The van der Waals surface area contributed by atoms with Crippen molar-refractivity contribution in [3.05, 3.63) is 65.2 Å². The molecule has 0 bridgehead atoms. The van der Waals surface area contributed by atoms with Crippen molar-refractivity contribution >= 4 is 29.7 Å². The number of aromatic nitrogens is 3. The average Bonchev–Trinajstić information content (AvgIpc) is 3.26. The minimum atomic E-state index is -1.82. The fourth-order valence-corrected chi connectivity index (χ4v) is 4.62. The number of ether oxygens (including phenoxy) is 1. The van der Waals surface area contributed by atoms with Gasteiger partial charge in [0, 0.05) is 31.5 Å². The lowest BCUT2D eigenvalue weighted by Crippen LogP contribution is -2.31. The number of hydrogen-bond donors (Lipinski definition) is 2. The molecule has 0 atom stereocenters. The molecule has 2 heterocycles. The Morgan fingerprint density at radius 3 is 2.42 bits per heavy atom. The molecule has 0 fully saturated rings. The number of fused-ring (bicyclic) bond motifs is 1. The zero-order valence-electron chi connectivity index (χ0n) is 20.1. The van der Waals surface area contributed by atoms with E-state index in [1.54, 1.807) is 11.8 Å². The third-order valence-electron chi connectivity index (χ3n) is 5.62. The average molecular weight is 513 g/mol. The molecule has 190 valence electrons. The Kier molecular flexibility index (Phi) is 9.60. The Labute approximate surface area is 212 Å². The second kappa shape index (κ2) is 12.8. The molecule has 0 saturated carbocycles. The van der Waals surface area contributed by atoms with Gasteiger partial charge in [-0.05, 0) is 42.6 Å². The topological polar surface area (TPSA) is 135 Å². The number of carboxylic acid groups (broad SMARTS) is 2. The number of esters is 1. The highest BCUT2D eigenvalue weighted by Gasteiger charge is 2.18. The van der Waals surface area contributed by atoms with Gasteiger partial charge < -0.3 is 19.5 Å². The van der Waals surface area contributed by atoms with Crippen LogP contribution >= 0.6 is 11.8 Å². The molecule has 3 aromatic rings. The van der Waals surface area contributed by atoms with Crippen molar-refractivity contribution in [1.29, 1.82) is 0 Å². The SMILES string of the molecule is COC(=O)c1ccc2c(c1)CN(CCCSc1nnc(-c3ccccc3)n1C)CC2.O=C(O)C(=O)O. The highest BCUT2D eigenvalue weighted by Crippen LogP contribution is 2.24. The van der Waals surface area contributed by atoms with E-state index in [0.717, 1.165) is 54.8 Å². The van der Waals surface area contributed by atoms with Gasteiger partial charge in [-0.2, -0.15) is 0 Å².